The summed E-state index contributed by atoms with van der Waals surface area (Å²) in [6.45, 7) is 4.85. The van der Waals surface area contributed by atoms with Gasteiger partial charge in [-0.25, -0.2) is 0 Å². The second-order valence-corrected chi connectivity index (χ2v) is 8.49. The number of carbonyl (C=O) groups is 1. The van der Waals surface area contributed by atoms with Crippen LogP contribution in [0.25, 0.3) is 6.08 Å². The Morgan fingerprint density at radius 1 is 1.03 bits per heavy atom. The molecule has 1 fully saturated rings. The number of hydrogen-bond acceptors (Lipinski definition) is 5. The molecule has 2 aromatic carbocycles. The van der Waals surface area contributed by atoms with Crippen LogP contribution in [0.15, 0.2) is 79.4 Å². The van der Waals surface area contributed by atoms with Gasteiger partial charge in [0, 0.05) is 12.8 Å². The maximum atomic E-state index is 12.3. The van der Waals surface area contributed by atoms with Crippen molar-refractivity contribution < 1.29 is 23.7 Å². The topological polar surface area (TPSA) is 54.0 Å². The third-order valence-electron chi connectivity index (χ3n) is 5.65. The predicted octanol–water partition coefficient (Wildman–Crippen LogP) is 6.10. The molecule has 1 aliphatic rings. The lowest BCUT2D eigenvalue weighted by Crippen LogP contribution is -2.38. The van der Waals surface area contributed by atoms with E-state index >= 15 is 0 Å². The predicted molar refractivity (Wildman–Crippen MR) is 134 cm³/mol. The molecule has 0 saturated carbocycles. The number of allylic oxidation sites excluding steroid dienone is 1. The Bertz CT molecular complexity index is 865. The summed E-state index contributed by atoms with van der Waals surface area (Å²) in [4.78, 5) is 12.3. The summed E-state index contributed by atoms with van der Waals surface area (Å²) in [6, 6.07) is 20.1. The van der Waals surface area contributed by atoms with Crippen molar-refractivity contribution in [1.82, 2.24) is 0 Å². The third kappa shape index (κ3) is 10.0. The van der Waals surface area contributed by atoms with Gasteiger partial charge >= 0.3 is 5.97 Å². The molecule has 182 valence electrons. The first-order chi connectivity index (χ1) is 16.7. The van der Waals surface area contributed by atoms with E-state index in [9.17, 15) is 4.79 Å². The van der Waals surface area contributed by atoms with Gasteiger partial charge in [-0.15, -0.1) is 6.58 Å². The molecule has 1 saturated heterocycles. The normalized spacial score (nSPS) is 20.3. The summed E-state index contributed by atoms with van der Waals surface area (Å²) in [6.07, 6.45) is 9.85. The second-order valence-electron chi connectivity index (χ2n) is 8.49. The quantitative estimate of drug-likeness (QED) is 0.146. The van der Waals surface area contributed by atoms with Crippen LogP contribution in [0, 0.1) is 0 Å². The minimum Gasteiger partial charge on any atom is -0.466 e. The number of ether oxygens (including phenoxy) is 4. The van der Waals surface area contributed by atoms with E-state index in [2.05, 4.69) is 6.58 Å². The Kier molecular flexibility index (Phi) is 11.6. The van der Waals surface area contributed by atoms with Gasteiger partial charge in [0.2, 0.25) is 0 Å². The fourth-order valence-corrected chi connectivity index (χ4v) is 3.88. The maximum absolute atomic E-state index is 12.3. The van der Waals surface area contributed by atoms with Gasteiger partial charge in [0.1, 0.15) is 6.79 Å². The van der Waals surface area contributed by atoms with E-state index in [4.69, 9.17) is 18.9 Å². The van der Waals surface area contributed by atoms with Crippen molar-refractivity contribution in [2.75, 3.05) is 13.4 Å². The first-order valence-corrected chi connectivity index (χ1v) is 12.1. The van der Waals surface area contributed by atoms with E-state index in [0.29, 0.717) is 26.1 Å². The molecule has 1 aliphatic heterocycles. The molecule has 5 heteroatoms. The highest BCUT2D eigenvalue weighted by molar-refractivity contribution is 5.70. The van der Waals surface area contributed by atoms with Crippen LogP contribution in [0.1, 0.15) is 49.7 Å². The number of hydrogen-bond donors (Lipinski definition) is 0. The Morgan fingerprint density at radius 2 is 1.79 bits per heavy atom. The van der Waals surface area contributed by atoms with Crippen LogP contribution in [-0.4, -0.2) is 37.7 Å². The zero-order chi connectivity index (χ0) is 23.8. The molecule has 0 unspecified atom stereocenters. The molecule has 1 heterocycles. The average molecular weight is 465 g/mol. The summed E-state index contributed by atoms with van der Waals surface area (Å²) in [5.74, 6) is -0.227. The van der Waals surface area contributed by atoms with E-state index in [1.807, 2.05) is 78.9 Å². The molecule has 0 amide bonds. The van der Waals surface area contributed by atoms with Crippen LogP contribution in [0.4, 0.5) is 0 Å². The highest BCUT2D eigenvalue weighted by Crippen LogP contribution is 2.26. The Labute approximate surface area is 203 Å². The van der Waals surface area contributed by atoms with E-state index in [0.717, 1.165) is 30.4 Å². The molecule has 0 N–H and O–H groups in total. The van der Waals surface area contributed by atoms with Crippen LogP contribution in [0.5, 0.6) is 0 Å². The van der Waals surface area contributed by atoms with Crippen molar-refractivity contribution in [3.05, 3.63) is 90.5 Å². The maximum Gasteiger partial charge on any atom is 0.308 e. The first-order valence-electron chi connectivity index (χ1n) is 12.1. The molecule has 0 bridgehead atoms. The smallest absolute Gasteiger partial charge is 0.308 e. The lowest BCUT2D eigenvalue weighted by Gasteiger charge is -2.33. The van der Waals surface area contributed by atoms with Crippen LogP contribution in [0.2, 0.25) is 0 Å². The standard InChI is InChI=1S/C29H36O5/c1-2-3-4-11-18-32-29(30)21-28-20-27(33-23-31-22-25-14-9-6-10-15-25)19-26(34-28)17-16-24-12-7-5-8-13-24/h2,5-10,12-17,26-28H,1,3-4,11,18-23H2/b17-16+/t26-,27+,28-/m1/s1. The Hall–Kier alpha value is -2.73. The summed E-state index contributed by atoms with van der Waals surface area (Å²) in [5.41, 5.74) is 2.21. The van der Waals surface area contributed by atoms with E-state index < -0.39 is 0 Å². The van der Waals surface area contributed by atoms with Crippen LogP contribution in [-0.2, 0) is 30.3 Å². The van der Waals surface area contributed by atoms with E-state index in [1.165, 1.54) is 0 Å². The van der Waals surface area contributed by atoms with Gasteiger partial charge in [-0.2, -0.15) is 0 Å². The Balaban J connectivity index is 1.50. The molecule has 34 heavy (non-hydrogen) atoms. The molecule has 0 aromatic heterocycles. The molecule has 0 spiro atoms. The molecule has 0 aliphatic carbocycles. The molecule has 3 rings (SSSR count). The average Bonchev–Trinajstić information content (AvgIpc) is 2.86. The van der Waals surface area contributed by atoms with E-state index in [-0.39, 0.29) is 37.5 Å². The van der Waals surface area contributed by atoms with Gasteiger partial charge in [-0.1, -0.05) is 78.9 Å². The molecule has 2 aromatic rings. The van der Waals surface area contributed by atoms with Crippen molar-refractivity contribution in [2.24, 2.45) is 0 Å². The summed E-state index contributed by atoms with van der Waals surface area (Å²) >= 11 is 0. The second kappa shape index (κ2) is 15.2. The highest BCUT2D eigenvalue weighted by atomic mass is 16.7. The fourth-order valence-electron chi connectivity index (χ4n) is 3.88. The number of carbonyl (C=O) groups excluding carboxylic acids is 1. The van der Waals surface area contributed by atoms with Gasteiger partial charge in [0.05, 0.1) is 37.9 Å². The van der Waals surface area contributed by atoms with Gasteiger partial charge in [0.15, 0.2) is 0 Å². The third-order valence-corrected chi connectivity index (χ3v) is 5.65. The van der Waals surface area contributed by atoms with Crippen molar-refractivity contribution >= 4 is 12.0 Å². The molecular formula is C29H36O5. The van der Waals surface area contributed by atoms with Gasteiger partial charge < -0.3 is 18.9 Å². The van der Waals surface area contributed by atoms with Gasteiger partial charge in [0.25, 0.3) is 0 Å². The number of unbranched alkanes of at least 4 members (excludes halogenated alkanes) is 2. The molecule has 3 atom stereocenters. The van der Waals surface area contributed by atoms with Crippen molar-refractivity contribution in [3.63, 3.8) is 0 Å². The van der Waals surface area contributed by atoms with Crippen LogP contribution < -0.4 is 0 Å². The zero-order valence-electron chi connectivity index (χ0n) is 19.8. The largest absolute Gasteiger partial charge is 0.466 e. The zero-order valence-corrected chi connectivity index (χ0v) is 19.8. The van der Waals surface area contributed by atoms with E-state index in [1.54, 1.807) is 0 Å². The minimum absolute atomic E-state index is 0.0552. The summed E-state index contributed by atoms with van der Waals surface area (Å²) in [5, 5.41) is 0. The number of benzene rings is 2. The number of rotatable bonds is 14. The SMILES string of the molecule is C=CCCCCOC(=O)C[C@H]1C[C@@H](OCOCc2ccccc2)C[C@@H](/C=C/c2ccccc2)O1. The van der Waals surface area contributed by atoms with Crippen LogP contribution in [0.3, 0.4) is 0 Å². The summed E-state index contributed by atoms with van der Waals surface area (Å²) < 4.78 is 23.3. The van der Waals surface area contributed by atoms with Gasteiger partial charge in [-0.3, -0.25) is 4.79 Å². The lowest BCUT2D eigenvalue weighted by molar-refractivity contribution is -0.162. The molecular weight excluding hydrogens is 428 g/mol. The first kappa shape index (κ1) is 25.9. The Morgan fingerprint density at radius 3 is 2.56 bits per heavy atom. The molecule has 0 radical (unpaired) electrons. The monoisotopic (exact) mass is 464 g/mol. The van der Waals surface area contributed by atoms with Crippen molar-refractivity contribution in [1.29, 1.82) is 0 Å². The summed E-state index contributed by atoms with van der Waals surface area (Å²) in [7, 11) is 0. The molecule has 5 nitrogen and oxygen atoms in total. The van der Waals surface area contributed by atoms with Crippen molar-refractivity contribution in [2.45, 2.75) is 63.4 Å². The minimum atomic E-state index is -0.251. The fraction of sp³-hybridized carbons (Fsp3) is 0.414. The number of esters is 1. The van der Waals surface area contributed by atoms with Crippen LogP contribution >= 0.6 is 0 Å². The highest BCUT2D eigenvalue weighted by Gasteiger charge is 2.30. The van der Waals surface area contributed by atoms with Gasteiger partial charge in [-0.05, 0) is 30.4 Å². The lowest BCUT2D eigenvalue weighted by atomic mass is 9.98. The van der Waals surface area contributed by atoms with Crippen molar-refractivity contribution in [3.8, 4) is 0 Å².